The Bertz CT molecular complexity index is 600. The van der Waals surface area contributed by atoms with Gasteiger partial charge >= 0.3 is 0 Å². The zero-order chi connectivity index (χ0) is 13.8. The van der Waals surface area contributed by atoms with Gasteiger partial charge in [-0.1, -0.05) is 0 Å². The maximum absolute atomic E-state index is 11.9. The van der Waals surface area contributed by atoms with Crippen LogP contribution in [-0.2, 0) is 0 Å². The Hall–Kier alpha value is -2.82. The third kappa shape index (κ3) is 3.10. The molecule has 96 valence electrons. The van der Waals surface area contributed by atoms with E-state index in [-0.39, 0.29) is 17.1 Å². The van der Waals surface area contributed by atoms with Crippen LogP contribution in [0.2, 0.25) is 0 Å². The van der Waals surface area contributed by atoms with Gasteiger partial charge in [-0.25, -0.2) is 0 Å². The number of hydrogen-bond donors (Lipinski definition) is 3. The fourth-order valence-corrected chi connectivity index (χ4v) is 1.57. The Balaban J connectivity index is 2.17. The van der Waals surface area contributed by atoms with E-state index in [1.54, 1.807) is 24.3 Å². The lowest BCUT2D eigenvalue weighted by molar-refractivity contribution is 0.102. The van der Waals surface area contributed by atoms with Crippen LogP contribution in [0.15, 0.2) is 42.5 Å². The van der Waals surface area contributed by atoms with Crippen molar-refractivity contribution < 1.29 is 19.8 Å². The number of hydrogen-bond acceptors (Lipinski definition) is 4. The van der Waals surface area contributed by atoms with Gasteiger partial charge in [-0.05, 0) is 36.4 Å². The summed E-state index contributed by atoms with van der Waals surface area (Å²) in [7, 11) is 0. The normalized spacial score (nSPS) is 9.89. The molecular formula is C14H11NO4. The minimum absolute atomic E-state index is 0.136. The number of carbonyl (C=O) groups excluding carboxylic acids is 2. The van der Waals surface area contributed by atoms with Gasteiger partial charge in [0.15, 0.2) is 0 Å². The van der Waals surface area contributed by atoms with E-state index in [2.05, 4.69) is 5.32 Å². The van der Waals surface area contributed by atoms with Crippen LogP contribution in [0.3, 0.4) is 0 Å². The highest BCUT2D eigenvalue weighted by molar-refractivity contribution is 6.04. The number of carbonyl (C=O) groups is 2. The molecule has 3 N–H and O–H groups in total. The number of amides is 1. The smallest absolute Gasteiger partial charge is 0.255 e. The first kappa shape index (κ1) is 12.6. The van der Waals surface area contributed by atoms with Crippen molar-refractivity contribution in [3.05, 3.63) is 53.6 Å². The highest BCUT2D eigenvalue weighted by atomic mass is 16.3. The molecule has 5 nitrogen and oxygen atoms in total. The number of anilines is 1. The summed E-state index contributed by atoms with van der Waals surface area (Å²) in [5.74, 6) is -0.854. The van der Waals surface area contributed by atoms with Gasteiger partial charge in [-0.3, -0.25) is 9.59 Å². The summed E-state index contributed by atoms with van der Waals surface area (Å²) in [4.78, 5) is 22.4. The Morgan fingerprint density at radius 3 is 2.11 bits per heavy atom. The monoisotopic (exact) mass is 257 g/mol. The number of rotatable bonds is 3. The van der Waals surface area contributed by atoms with Crippen molar-refractivity contribution in [3.63, 3.8) is 0 Å². The fraction of sp³-hybridized carbons (Fsp3) is 0. The Labute approximate surface area is 109 Å². The first-order chi connectivity index (χ1) is 9.08. The lowest BCUT2D eigenvalue weighted by atomic mass is 10.1. The minimum Gasteiger partial charge on any atom is -0.508 e. The molecule has 0 aliphatic heterocycles. The van der Waals surface area contributed by atoms with Crippen LogP contribution < -0.4 is 5.32 Å². The quantitative estimate of drug-likeness (QED) is 0.735. The van der Waals surface area contributed by atoms with E-state index in [0.717, 1.165) is 6.07 Å². The van der Waals surface area contributed by atoms with E-state index in [9.17, 15) is 19.8 Å². The molecule has 0 unspecified atom stereocenters. The van der Waals surface area contributed by atoms with Crippen molar-refractivity contribution in [2.24, 2.45) is 0 Å². The van der Waals surface area contributed by atoms with Crippen molar-refractivity contribution in [1.82, 2.24) is 0 Å². The average molecular weight is 257 g/mol. The van der Waals surface area contributed by atoms with Gasteiger partial charge in [0.1, 0.15) is 17.8 Å². The molecule has 2 aromatic rings. The van der Waals surface area contributed by atoms with Crippen molar-refractivity contribution in [3.8, 4) is 11.5 Å². The van der Waals surface area contributed by atoms with Crippen molar-refractivity contribution in [1.29, 1.82) is 0 Å². The van der Waals surface area contributed by atoms with Crippen molar-refractivity contribution in [2.45, 2.75) is 0 Å². The van der Waals surface area contributed by atoms with Crippen LogP contribution in [0.25, 0.3) is 0 Å². The molecule has 0 saturated heterocycles. The summed E-state index contributed by atoms with van der Waals surface area (Å²) in [6.07, 6.45) is 0.707. The summed E-state index contributed by atoms with van der Waals surface area (Å²) >= 11 is 0. The molecule has 0 fully saturated rings. The van der Waals surface area contributed by atoms with Crippen LogP contribution in [0.4, 0.5) is 5.69 Å². The molecule has 0 atom stereocenters. The molecule has 5 heteroatoms. The van der Waals surface area contributed by atoms with E-state index >= 15 is 0 Å². The summed E-state index contributed by atoms with van der Waals surface area (Å²) in [5, 5.41) is 21.2. The molecule has 0 radical (unpaired) electrons. The predicted molar refractivity (Wildman–Crippen MR) is 69.6 cm³/mol. The molecule has 2 rings (SSSR count). The molecule has 0 aliphatic carbocycles. The number of benzene rings is 2. The Morgan fingerprint density at radius 2 is 1.58 bits per heavy atom. The highest BCUT2D eigenvalue weighted by Gasteiger charge is 2.08. The van der Waals surface area contributed by atoms with Crippen LogP contribution >= 0.6 is 0 Å². The largest absolute Gasteiger partial charge is 0.508 e. The predicted octanol–water partition coefficient (Wildman–Crippen LogP) is 2.16. The summed E-state index contributed by atoms with van der Waals surface area (Å²) in [6.45, 7) is 0. The lowest BCUT2D eigenvalue weighted by Crippen LogP contribution is -2.11. The molecule has 0 aromatic heterocycles. The molecule has 2 aromatic carbocycles. The van der Waals surface area contributed by atoms with E-state index in [4.69, 9.17) is 0 Å². The SMILES string of the molecule is O=Cc1ccc(NC(=O)c2cc(O)cc(O)c2)cc1. The molecule has 1 amide bonds. The van der Waals surface area contributed by atoms with Crippen LogP contribution in [0.1, 0.15) is 20.7 Å². The summed E-state index contributed by atoms with van der Waals surface area (Å²) in [5.41, 5.74) is 1.16. The molecule has 0 bridgehead atoms. The van der Waals surface area contributed by atoms with E-state index in [1.807, 2.05) is 0 Å². The second-order valence-corrected chi connectivity index (χ2v) is 3.93. The molecular weight excluding hydrogens is 246 g/mol. The van der Waals surface area contributed by atoms with Gasteiger partial charge in [0.05, 0.1) is 0 Å². The summed E-state index contributed by atoms with van der Waals surface area (Å²) in [6, 6.07) is 9.94. The number of phenolic OH excluding ortho intramolecular Hbond substituents is 2. The van der Waals surface area contributed by atoms with E-state index < -0.39 is 5.91 Å². The lowest BCUT2D eigenvalue weighted by Gasteiger charge is -2.06. The maximum Gasteiger partial charge on any atom is 0.255 e. The summed E-state index contributed by atoms with van der Waals surface area (Å²) < 4.78 is 0. The number of nitrogens with one attached hydrogen (secondary N) is 1. The van der Waals surface area contributed by atoms with Crippen LogP contribution in [0, 0.1) is 0 Å². The van der Waals surface area contributed by atoms with Crippen molar-refractivity contribution in [2.75, 3.05) is 5.32 Å². The third-order valence-corrected chi connectivity index (χ3v) is 2.47. The van der Waals surface area contributed by atoms with Gasteiger partial charge in [0.2, 0.25) is 0 Å². The first-order valence-corrected chi connectivity index (χ1v) is 5.48. The van der Waals surface area contributed by atoms with Gasteiger partial charge in [-0.15, -0.1) is 0 Å². The topological polar surface area (TPSA) is 86.6 Å². The van der Waals surface area contributed by atoms with Crippen LogP contribution in [-0.4, -0.2) is 22.4 Å². The molecule has 0 saturated carbocycles. The van der Waals surface area contributed by atoms with Gasteiger partial charge in [0.25, 0.3) is 5.91 Å². The van der Waals surface area contributed by atoms with Gasteiger partial charge in [-0.2, -0.15) is 0 Å². The highest BCUT2D eigenvalue weighted by Crippen LogP contribution is 2.21. The maximum atomic E-state index is 11.9. The van der Waals surface area contributed by atoms with Gasteiger partial charge in [0, 0.05) is 22.9 Å². The zero-order valence-corrected chi connectivity index (χ0v) is 9.83. The Kier molecular flexibility index (Phi) is 3.47. The second kappa shape index (κ2) is 5.22. The Morgan fingerprint density at radius 1 is 1.00 bits per heavy atom. The molecule has 19 heavy (non-hydrogen) atoms. The molecule has 0 aliphatic rings. The van der Waals surface area contributed by atoms with Crippen molar-refractivity contribution >= 4 is 17.9 Å². The number of phenols is 2. The number of aromatic hydroxyl groups is 2. The minimum atomic E-state index is -0.468. The number of aldehydes is 1. The first-order valence-electron chi connectivity index (χ1n) is 5.48. The van der Waals surface area contributed by atoms with E-state index in [0.29, 0.717) is 17.5 Å². The molecule has 0 heterocycles. The second-order valence-electron chi connectivity index (χ2n) is 3.93. The third-order valence-electron chi connectivity index (χ3n) is 2.47. The van der Waals surface area contributed by atoms with Gasteiger partial charge < -0.3 is 15.5 Å². The zero-order valence-electron chi connectivity index (χ0n) is 9.83. The molecule has 0 spiro atoms. The van der Waals surface area contributed by atoms with Crippen LogP contribution in [0.5, 0.6) is 11.5 Å². The van der Waals surface area contributed by atoms with E-state index in [1.165, 1.54) is 12.1 Å². The standard InChI is InChI=1S/C14H11NO4/c16-8-9-1-3-11(4-2-9)15-14(19)10-5-12(17)7-13(18)6-10/h1-8,17-18H,(H,15,19). The fourth-order valence-electron chi connectivity index (χ4n) is 1.57. The average Bonchev–Trinajstić information content (AvgIpc) is 2.38.